The summed E-state index contributed by atoms with van der Waals surface area (Å²) in [5.41, 5.74) is 3.80. The summed E-state index contributed by atoms with van der Waals surface area (Å²) >= 11 is 0. The lowest BCUT2D eigenvalue weighted by Gasteiger charge is -2.11. The highest BCUT2D eigenvalue weighted by Gasteiger charge is 2.14. The Bertz CT molecular complexity index is 1160. The fourth-order valence-electron chi connectivity index (χ4n) is 3.11. The number of hydrogen-bond acceptors (Lipinski definition) is 5. The van der Waals surface area contributed by atoms with Crippen molar-refractivity contribution in [2.24, 2.45) is 7.05 Å². The van der Waals surface area contributed by atoms with Gasteiger partial charge in [-0.15, -0.1) is 5.10 Å². The molecule has 0 aliphatic rings. The molecule has 1 aromatic carbocycles. The van der Waals surface area contributed by atoms with Gasteiger partial charge >= 0.3 is 0 Å². The Morgan fingerprint density at radius 1 is 1.15 bits per heavy atom. The quantitative estimate of drug-likeness (QED) is 0.611. The molecule has 0 atom stereocenters. The van der Waals surface area contributed by atoms with Crippen LogP contribution in [0.4, 0.5) is 0 Å². The first-order valence-corrected chi connectivity index (χ1v) is 8.10. The van der Waals surface area contributed by atoms with E-state index in [2.05, 4.69) is 20.2 Å². The van der Waals surface area contributed by atoms with Crippen LogP contribution in [0.15, 0.2) is 35.5 Å². The van der Waals surface area contributed by atoms with Crippen LogP contribution < -0.4 is 10.3 Å². The van der Waals surface area contributed by atoms with Crippen molar-refractivity contribution in [3.8, 4) is 22.8 Å². The van der Waals surface area contributed by atoms with Gasteiger partial charge in [0.05, 0.1) is 24.6 Å². The SMILES string of the molecule is COc1cc(C)c(-n2cc3c(=O)[nH]c(-c4cnn(C)c4)nc3n2)c(C)c1. The van der Waals surface area contributed by atoms with Crippen LogP contribution in [0.2, 0.25) is 0 Å². The molecule has 0 unspecified atom stereocenters. The summed E-state index contributed by atoms with van der Waals surface area (Å²) in [6.45, 7) is 3.96. The second kappa shape index (κ2) is 5.83. The van der Waals surface area contributed by atoms with Gasteiger partial charge in [0.1, 0.15) is 17.0 Å². The zero-order valence-electron chi connectivity index (χ0n) is 14.9. The molecule has 0 bridgehead atoms. The molecule has 0 saturated heterocycles. The van der Waals surface area contributed by atoms with Crippen LogP contribution >= 0.6 is 0 Å². The van der Waals surface area contributed by atoms with Crippen LogP contribution in [-0.2, 0) is 7.05 Å². The third-order valence-electron chi connectivity index (χ3n) is 4.30. The van der Waals surface area contributed by atoms with Gasteiger partial charge in [0.15, 0.2) is 5.65 Å². The van der Waals surface area contributed by atoms with Crippen molar-refractivity contribution in [2.45, 2.75) is 13.8 Å². The normalized spacial score (nSPS) is 11.2. The first-order chi connectivity index (χ1) is 12.5. The molecule has 0 spiro atoms. The molecule has 0 fully saturated rings. The van der Waals surface area contributed by atoms with Crippen molar-refractivity contribution in [2.75, 3.05) is 7.11 Å². The number of aromatic nitrogens is 6. The molecule has 0 aliphatic carbocycles. The van der Waals surface area contributed by atoms with Crippen molar-refractivity contribution in [3.63, 3.8) is 0 Å². The number of aromatic amines is 1. The summed E-state index contributed by atoms with van der Waals surface area (Å²) in [7, 11) is 3.45. The van der Waals surface area contributed by atoms with Gasteiger partial charge in [-0.25, -0.2) is 9.67 Å². The minimum Gasteiger partial charge on any atom is -0.497 e. The first kappa shape index (κ1) is 16.1. The van der Waals surface area contributed by atoms with Crippen molar-refractivity contribution >= 4 is 11.0 Å². The smallest absolute Gasteiger partial charge is 0.262 e. The predicted octanol–water partition coefficient (Wildman–Crippen LogP) is 2.13. The summed E-state index contributed by atoms with van der Waals surface area (Å²) < 4.78 is 8.66. The monoisotopic (exact) mass is 350 g/mol. The Balaban J connectivity index is 1.89. The number of aryl methyl sites for hydroxylation is 3. The van der Waals surface area contributed by atoms with Crippen molar-refractivity contribution < 1.29 is 4.74 Å². The molecule has 3 heterocycles. The van der Waals surface area contributed by atoms with E-state index in [-0.39, 0.29) is 5.56 Å². The van der Waals surface area contributed by atoms with Crippen LogP contribution in [-0.4, -0.2) is 36.6 Å². The fourth-order valence-corrected chi connectivity index (χ4v) is 3.11. The number of nitrogens with zero attached hydrogens (tertiary/aromatic N) is 5. The topological polar surface area (TPSA) is 90.6 Å². The predicted molar refractivity (Wildman–Crippen MR) is 97.7 cm³/mol. The second-order valence-electron chi connectivity index (χ2n) is 6.24. The fraction of sp³-hybridized carbons (Fsp3) is 0.222. The van der Waals surface area contributed by atoms with Gasteiger partial charge in [-0.3, -0.25) is 9.48 Å². The Hall–Kier alpha value is -3.42. The van der Waals surface area contributed by atoms with Crippen molar-refractivity contribution in [1.82, 2.24) is 29.5 Å². The molecule has 0 amide bonds. The maximum absolute atomic E-state index is 12.5. The number of ether oxygens (including phenoxy) is 1. The lowest BCUT2D eigenvalue weighted by molar-refractivity contribution is 0.414. The maximum Gasteiger partial charge on any atom is 0.262 e. The number of fused-ring (bicyclic) bond motifs is 1. The summed E-state index contributed by atoms with van der Waals surface area (Å²) in [5.74, 6) is 1.24. The molecule has 8 nitrogen and oxygen atoms in total. The largest absolute Gasteiger partial charge is 0.497 e. The Labute approximate surface area is 149 Å². The van der Waals surface area contributed by atoms with Crippen LogP contribution in [0.5, 0.6) is 5.75 Å². The van der Waals surface area contributed by atoms with E-state index in [0.29, 0.717) is 16.9 Å². The molecule has 4 aromatic rings. The van der Waals surface area contributed by atoms with Crippen LogP contribution in [0.1, 0.15) is 11.1 Å². The van der Waals surface area contributed by atoms with Gasteiger partial charge < -0.3 is 9.72 Å². The summed E-state index contributed by atoms with van der Waals surface area (Å²) in [4.78, 5) is 19.8. The van der Waals surface area contributed by atoms with E-state index >= 15 is 0 Å². The minimum absolute atomic E-state index is 0.232. The van der Waals surface area contributed by atoms with E-state index < -0.39 is 0 Å². The lowest BCUT2D eigenvalue weighted by Crippen LogP contribution is -2.08. The average Bonchev–Trinajstić information content (AvgIpc) is 3.20. The molecule has 132 valence electrons. The Kier molecular flexibility index (Phi) is 3.61. The van der Waals surface area contributed by atoms with Gasteiger partial charge in [-0.1, -0.05) is 0 Å². The summed E-state index contributed by atoms with van der Waals surface area (Å²) in [6.07, 6.45) is 5.15. The van der Waals surface area contributed by atoms with E-state index in [1.807, 2.05) is 33.0 Å². The molecule has 8 heteroatoms. The highest BCUT2D eigenvalue weighted by molar-refractivity contribution is 5.76. The number of methoxy groups -OCH3 is 1. The average molecular weight is 350 g/mol. The van der Waals surface area contributed by atoms with Gasteiger partial charge in [-0.2, -0.15) is 5.10 Å². The van der Waals surface area contributed by atoms with E-state index in [0.717, 1.165) is 28.1 Å². The van der Waals surface area contributed by atoms with Crippen LogP contribution in [0.25, 0.3) is 28.1 Å². The molecular formula is C18H18N6O2. The zero-order valence-corrected chi connectivity index (χ0v) is 14.9. The molecular weight excluding hydrogens is 332 g/mol. The number of H-pyrrole nitrogens is 1. The highest BCUT2D eigenvalue weighted by Crippen LogP contribution is 2.25. The van der Waals surface area contributed by atoms with E-state index in [9.17, 15) is 4.79 Å². The van der Waals surface area contributed by atoms with Gasteiger partial charge in [0.2, 0.25) is 0 Å². The highest BCUT2D eigenvalue weighted by atomic mass is 16.5. The molecule has 0 radical (unpaired) electrons. The number of nitrogens with one attached hydrogen (secondary N) is 1. The summed E-state index contributed by atoms with van der Waals surface area (Å²) in [6, 6.07) is 3.88. The van der Waals surface area contributed by atoms with E-state index in [4.69, 9.17) is 4.74 Å². The second-order valence-corrected chi connectivity index (χ2v) is 6.24. The summed E-state index contributed by atoms with van der Waals surface area (Å²) in [5, 5.41) is 9.08. The van der Waals surface area contributed by atoms with Gasteiger partial charge in [0.25, 0.3) is 5.56 Å². The molecule has 4 rings (SSSR count). The van der Waals surface area contributed by atoms with Crippen LogP contribution in [0, 0.1) is 13.8 Å². The number of rotatable bonds is 3. The van der Waals surface area contributed by atoms with Gasteiger partial charge in [-0.05, 0) is 37.1 Å². The molecule has 3 aromatic heterocycles. The Morgan fingerprint density at radius 3 is 2.50 bits per heavy atom. The minimum atomic E-state index is -0.232. The molecule has 1 N–H and O–H groups in total. The number of hydrogen-bond donors (Lipinski definition) is 1. The van der Waals surface area contributed by atoms with E-state index in [1.165, 1.54) is 0 Å². The third-order valence-corrected chi connectivity index (χ3v) is 4.30. The van der Waals surface area contributed by atoms with E-state index in [1.54, 1.807) is 35.1 Å². The van der Waals surface area contributed by atoms with Gasteiger partial charge in [0, 0.05) is 19.4 Å². The van der Waals surface area contributed by atoms with Crippen molar-refractivity contribution in [3.05, 3.63) is 52.2 Å². The standard InChI is InChI=1S/C18H18N6O2/c1-10-5-13(26-4)6-11(2)15(10)24-9-14-17(22-24)20-16(21-18(14)25)12-7-19-23(3)8-12/h5-9H,1-4H3,(H,20,21,22,25). The molecule has 0 aliphatic heterocycles. The Morgan fingerprint density at radius 2 is 1.88 bits per heavy atom. The lowest BCUT2D eigenvalue weighted by atomic mass is 10.1. The molecule has 0 saturated carbocycles. The first-order valence-electron chi connectivity index (χ1n) is 8.10. The third kappa shape index (κ3) is 2.55. The maximum atomic E-state index is 12.5. The molecule has 26 heavy (non-hydrogen) atoms. The van der Waals surface area contributed by atoms with Crippen molar-refractivity contribution in [1.29, 1.82) is 0 Å². The zero-order chi connectivity index (χ0) is 18.4. The van der Waals surface area contributed by atoms with Crippen LogP contribution in [0.3, 0.4) is 0 Å². The number of benzene rings is 1.